The summed E-state index contributed by atoms with van der Waals surface area (Å²) < 4.78 is 0. The summed E-state index contributed by atoms with van der Waals surface area (Å²) in [4.78, 5) is 4.35. The normalized spacial score (nSPS) is 15.4. The van der Waals surface area contributed by atoms with Crippen molar-refractivity contribution >= 4 is 0 Å². The van der Waals surface area contributed by atoms with Gasteiger partial charge in [-0.2, -0.15) is 0 Å². The molecule has 0 aromatic heterocycles. The fourth-order valence-corrected chi connectivity index (χ4v) is 1.59. The molecule has 0 radical (unpaired) electrons. The van der Waals surface area contributed by atoms with Gasteiger partial charge in [0.25, 0.3) is 0 Å². The Morgan fingerprint density at radius 3 is 1.36 bits per heavy atom. The molecule has 0 aromatic rings. The van der Waals surface area contributed by atoms with Crippen LogP contribution in [0.4, 0.5) is 0 Å². The smallest absolute Gasteiger partial charge is 0.655 e. The molecule has 2 unspecified atom stereocenters. The maximum Gasteiger partial charge on any atom is 1.00 e. The van der Waals surface area contributed by atoms with Crippen LogP contribution in [0.25, 0.3) is 5.32 Å². The van der Waals surface area contributed by atoms with Crippen LogP contribution in [0.3, 0.4) is 0 Å². The molecule has 14 heavy (non-hydrogen) atoms. The van der Waals surface area contributed by atoms with E-state index in [4.69, 9.17) is 0 Å². The summed E-state index contributed by atoms with van der Waals surface area (Å²) in [7, 11) is 8.34. The molecule has 0 rings (SSSR count). The topological polar surface area (TPSA) is 20.6 Å². The molecule has 0 aliphatic heterocycles. The molecule has 2 atom stereocenters. The van der Waals surface area contributed by atoms with Gasteiger partial charge in [-0.05, 0) is 41.3 Å². The molecule has 80 valence electrons. The second-order valence-electron chi connectivity index (χ2n) is 4.37. The maximum absolute atomic E-state index is 4.67. The Morgan fingerprint density at radius 1 is 0.857 bits per heavy atom. The van der Waals surface area contributed by atoms with Crippen LogP contribution in [0, 0.1) is 0 Å². The molecule has 0 aromatic carbocycles. The van der Waals surface area contributed by atoms with E-state index in [9.17, 15) is 0 Å². The summed E-state index contributed by atoms with van der Waals surface area (Å²) in [6, 6.07) is 0.870. The zero-order valence-corrected chi connectivity index (χ0v) is 10.9. The van der Waals surface area contributed by atoms with Gasteiger partial charge in [0.1, 0.15) is 0 Å². The average molecular weight is 193 g/mol. The van der Waals surface area contributed by atoms with Gasteiger partial charge >= 0.3 is 18.9 Å². The van der Waals surface area contributed by atoms with Crippen LogP contribution in [0.5, 0.6) is 0 Å². The van der Waals surface area contributed by atoms with Crippen LogP contribution >= 0.6 is 0 Å². The van der Waals surface area contributed by atoms with E-state index in [0.29, 0.717) is 12.1 Å². The van der Waals surface area contributed by atoms with Crippen molar-refractivity contribution in [2.75, 3.05) is 41.3 Å². The maximum atomic E-state index is 4.67. The van der Waals surface area contributed by atoms with Crippen molar-refractivity contribution in [3.05, 3.63) is 5.32 Å². The van der Waals surface area contributed by atoms with E-state index >= 15 is 0 Å². The van der Waals surface area contributed by atoms with Crippen molar-refractivity contribution in [1.29, 1.82) is 0 Å². The third-order valence-electron chi connectivity index (χ3n) is 1.77. The van der Waals surface area contributed by atoms with Crippen LogP contribution in [-0.4, -0.2) is 63.2 Å². The van der Waals surface area contributed by atoms with Crippen molar-refractivity contribution in [2.45, 2.75) is 25.9 Å². The Bertz CT molecular complexity index is 115. The molecule has 0 bridgehead atoms. The summed E-state index contributed by atoms with van der Waals surface area (Å²) in [5.74, 6) is 0. The first-order valence-corrected chi connectivity index (χ1v) is 4.91. The quantitative estimate of drug-likeness (QED) is 0.467. The summed E-state index contributed by atoms with van der Waals surface area (Å²) in [5.41, 5.74) is 0. The van der Waals surface area contributed by atoms with E-state index in [1.165, 1.54) is 0 Å². The molecule has 0 aliphatic rings. The Balaban J connectivity index is 0. The minimum atomic E-state index is 0. The Kier molecular flexibility index (Phi) is 10.6. The molecule has 4 heteroatoms. The number of nitrogens with zero attached hydrogens (tertiary/aromatic N) is 3. The van der Waals surface area contributed by atoms with Gasteiger partial charge in [0.15, 0.2) is 0 Å². The minimum Gasteiger partial charge on any atom is -0.655 e. The van der Waals surface area contributed by atoms with Crippen LogP contribution < -0.4 is 18.9 Å². The number of hydrogen-bond donors (Lipinski definition) is 0. The minimum absolute atomic E-state index is 0. The second-order valence-corrected chi connectivity index (χ2v) is 4.37. The number of rotatable bonds is 6. The molecule has 0 saturated carbocycles. The molecule has 3 nitrogen and oxygen atoms in total. The molecule has 0 N–H and O–H groups in total. The third kappa shape index (κ3) is 10.6. The molecule has 0 amide bonds. The Hall–Kier alpha value is 0.477. The van der Waals surface area contributed by atoms with Crippen LogP contribution in [0.1, 0.15) is 13.8 Å². The van der Waals surface area contributed by atoms with Crippen LogP contribution in [0.15, 0.2) is 0 Å². The van der Waals surface area contributed by atoms with Crippen molar-refractivity contribution in [1.82, 2.24) is 9.80 Å². The fourth-order valence-electron chi connectivity index (χ4n) is 1.59. The first-order valence-electron chi connectivity index (χ1n) is 4.91. The second kappa shape index (κ2) is 8.76. The molecule has 0 aliphatic carbocycles. The van der Waals surface area contributed by atoms with E-state index in [2.05, 4.69) is 57.2 Å². The molecule has 0 heterocycles. The molecular weight excluding hydrogens is 169 g/mol. The van der Waals surface area contributed by atoms with Gasteiger partial charge in [-0.3, -0.25) is 0 Å². The molecule has 0 saturated heterocycles. The first kappa shape index (κ1) is 16.9. The van der Waals surface area contributed by atoms with E-state index in [1.807, 2.05) is 0 Å². The zero-order chi connectivity index (χ0) is 10.4. The van der Waals surface area contributed by atoms with Crippen molar-refractivity contribution in [3.8, 4) is 0 Å². The summed E-state index contributed by atoms with van der Waals surface area (Å²) >= 11 is 0. The van der Waals surface area contributed by atoms with Gasteiger partial charge in [-0.1, -0.05) is 13.8 Å². The third-order valence-corrected chi connectivity index (χ3v) is 1.77. The molecule has 0 spiro atoms. The van der Waals surface area contributed by atoms with Gasteiger partial charge in [0, 0.05) is 0 Å². The van der Waals surface area contributed by atoms with Gasteiger partial charge in [-0.25, -0.2) is 0 Å². The van der Waals surface area contributed by atoms with Crippen LogP contribution in [0.2, 0.25) is 0 Å². The molecule has 0 fully saturated rings. The Morgan fingerprint density at radius 2 is 1.14 bits per heavy atom. The predicted molar refractivity (Wildman–Crippen MR) is 59.4 cm³/mol. The SMILES string of the molecule is CC(CN(C)C)[N-]C(C)CN(C)C.[Li+]. The van der Waals surface area contributed by atoms with Crippen molar-refractivity contribution in [3.63, 3.8) is 0 Å². The fraction of sp³-hybridized carbons (Fsp3) is 1.00. The van der Waals surface area contributed by atoms with E-state index in [1.54, 1.807) is 0 Å². The number of hydrogen-bond acceptors (Lipinski definition) is 2. The predicted octanol–water partition coefficient (Wildman–Crippen LogP) is -1.74. The van der Waals surface area contributed by atoms with E-state index in [-0.39, 0.29) is 18.9 Å². The van der Waals surface area contributed by atoms with E-state index in [0.717, 1.165) is 13.1 Å². The van der Waals surface area contributed by atoms with Crippen molar-refractivity contribution < 1.29 is 18.9 Å². The van der Waals surface area contributed by atoms with Gasteiger partial charge < -0.3 is 15.1 Å². The summed E-state index contributed by atoms with van der Waals surface area (Å²) in [6.45, 7) is 6.42. The van der Waals surface area contributed by atoms with Crippen LogP contribution in [-0.2, 0) is 0 Å². The standard InChI is InChI=1S/C10H24N3.Li/c1-9(7-12(3)4)11-10(2)8-13(5)6;/h9-10H,7-8H2,1-6H3;/q-1;+1. The van der Waals surface area contributed by atoms with E-state index < -0.39 is 0 Å². The van der Waals surface area contributed by atoms with Gasteiger partial charge in [-0.15, -0.1) is 12.1 Å². The van der Waals surface area contributed by atoms with Crippen molar-refractivity contribution in [2.24, 2.45) is 0 Å². The van der Waals surface area contributed by atoms with Gasteiger partial charge in [0.2, 0.25) is 0 Å². The largest absolute Gasteiger partial charge is 1.00 e. The van der Waals surface area contributed by atoms with Gasteiger partial charge in [0.05, 0.1) is 0 Å². The zero-order valence-electron chi connectivity index (χ0n) is 10.9. The number of likely N-dealkylation sites (N-methyl/N-ethyl adjacent to an activating group) is 2. The average Bonchev–Trinajstić information content (AvgIpc) is 1.80. The summed E-state index contributed by atoms with van der Waals surface area (Å²) in [6.07, 6.45) is 0. The monoisotopic (exact) mass is 193 g/mol. The Labute approximate surface area is 101 Å². The molecular formula is C10H24LiN3. The first-order chi connectivity index (χ1) is 5.91. The summed E-state index contributed by atoms with van der Waals surface area (Å²) in [5, 5.41) is 4.67.